The van der Waals surface area contributed by atoms with E-state index >= 15 is 0 Å². The third-order valence-electron chi connectivity index (χ3n) is 7.20. The van der Waals surface area contributed by atoms with Crippen LogP contribution in [0, 0.1) is 0 Å². The first-order valence-electron chi connectivity index (χ1n) is 11.0. The Hall–Kier alpha value is -2.12. The van der Waals surface area contributed by atoms with Gasteiger partial charge in [0.2, 0.25) is 5.72 Å². The van der Waals surface area contributed by atoms with E-state index in [4.69, 9.17) is 9.84 Å². The van der Waals surface area contributed by atoms with Gasteiger partial charge in [-0.25, -0.2) is 5.01 Å². The van der Waals surface area contributed by atoms with E-state index in [1.807, 2.05) is 0 Å². The Morgan fingerprint density at radius 2 is 1.65 bits per heavy atom. The van der Waals surface area contributed by atoms with Gasteiger partial charge in [0.05, 0.1) is 51.8 Å². The predicted molar refractivity (Wildman–Crippen MR) is 121 cm³/mol. The quantitative estimate of drug-likeness (QED) is 0.359. The van der Waals surface area contributed by atoms with Crippen LogP contribution in [0.25, 0.3) is 10.8 Å². The topological polar surface area (TPSA) is 24.8 Å². The summed E-state index contributed by atoms with van der Waals surface area (Å²) in [6.07, 6.45) is 2.93. The van der Waals surface area contributed by atoms with Gasteiger partial charge in [0.25, 0.3) is 0 Å². The van der Waals surface area contributed by atoms with Gasteiger partial charge in [0, 0.05) is 12.0 Å². The summed E-state index contributed by atoms with van der Waals surface area (Å²) in [6.45, 7) is 2.21. The number of hydrazone groups is 1. The number of quaternary nitrogens is 1. The van der Waals surface area contributed by atoms with E-state index in [0.717, 1.165) is 42.6 Å². The fraction of sp³-hybridized carbons (Fsp3) is 0.346. The van der Waals surface area contributed by atoms with Gasteiger partial charge in [-0.05, 0) is 28.5 Å². The largest absolute Gasteiger partial charge is 1.00 e. The molecule has 1 spiro atoms. The molecule has 5 heteroatoms. The zero-order chi connectivity index (χ0) is 20.3. The minimum atomic E-state index is -0.328. The molecule has 0 bridgehead atoms. The molecule has 6 rings (SSSR count). The average molecular weight is 525 g/mol. The Kier molecular flexibility index (Phi) is 5.01. The van der Waals surface area contributed by atoms with Gasteiger partial charge < -0.3 is 33.2 Å². The normalized spacial score (nSPS) is 22.8. The summed E-state index contributed by atoms with van der Waals surface area (Å²) in [4.78, 5) is 0. The van der Waals surface area contributed by atoms with E-state index in [9.17, 15) is 0 Å². The van der Waals surface area contributed by atoms with Crippen molar-refractivity contribution < 1.29 is 33.2 Å². The standard InChI is InChI=1S/C26H28N3O.HI/c1-29(2)15-13-26(14-16-29)28-24(22-9-5-6-10-25(22)30-26)18-23(27-28)21-12-11-19-7-3-4-8-20(19)17-21;/h3-12,17,24H,13-16,18H2,1-2H3;1H/q+1;/p-1. The zero-order valence-electron chi connectivity index (χ0n) is 18.1. The van der Waals surface area contributed by atoms with Crippen molar-refractivity contribution in [2.75, 3.05) is 27.2 Å². The molecule has 0 radical (unpaired) electrons. The van der Waals surface area contributed by atoms with Crippen LogP contribution in [0.2, 0.25) is 0 Å². The van der Waals surface area contributed by atoms with Crippen molar-refractivity contribution in [2.24, 2.45) is 5.10 Å². The number of halogens is 1. The molecule has 3 aromatic rings. The summed E-state index contributed by atoms with van der Waals surface area (Å²) >= 11 is 0. The number of piperidine rings is 1. The minimum Gasteiger partial charge on any atom is -1.00 e. The number of likely N-dealkylation sites (tertiary alicyclic amines) is 1. The number of fused-ring (bicyclic) bond motifs is 5. The second kappa shape index (κ2) is 7.48. The lowest BCUT2D eigenvalue weighted by atomic mass is 9.90. The lowest BCUT2D eigenvalue weighted by Crippen LogP contribution is -3.00. The fourth-order valence-electron chi connectivity index (χ4n) is 5.29. The third kappa shape index (κ3) is 3.42. The molecule has 1 unspecified atom stereocenters. The number of para-hydroxylation sites is 1. The number of rotatable bonds is 1. The second-order valence-electron chi connectivity index (χ2n) is 9.64. The second-order valence-corrected chi connectivity index (χ2v) is 9.64. The molecular weight excluding hydrogens is 497 g/mol. The van der Waals surface area contributed by atoms with Crippen LogP contribution in [0.15, 0.2) is 71.8 Å². The summed E-state index contributed by atoms with van der Waals surface area (Å²) in [7, 11) is 4.63. The fourth-order valence-corrected chi connectivity index (χ4v) is 5.29. The van der Waals surface area contributed by atoms with Crippen LogP contribution in [0.4, 0.5) is 0 Å². The summed E-state index contributed by atoms with van der Waals surface area (Å²) < 4.78 is 7.78. The van der Waals surface area contributed by atoms with Crippen LogP contribution in [0.1, 0.15) is 36.4 Å². The summed E-state index contributed by atoms with van der Waals surface area (Å²) in [5.74, 6) is 1.04. The molecule has 160 valence electrons. The van der Waals surface area contributed by atoms with Crippen LogP contribution in [-0.2, 0) is 0 Å². The molecule has 3 aromatic carbocycles. The molecule has 31 heavy (non-hydrogen) atoms. The molecule has 1 fully saturated rings. The smallest absolute Gasteiger partial charge is 0.208 e. The molecule has 0 aromatic heterocycles. The van der Waals surface area contributed by atoms with E-state index in [2.05, 4.69) is 85.8 Å². The Labute approximate surface area is 201 Å². The summed E-state index contributed by atoms with van der Waals surface area (Å²) in [5.41, 5.74) is 3.33. The van der Waals surface area contributed by atoms with Gasteiger partial charge in [-0.3, -0.25) is 0 Å². The minimum absolute atomic E-state index is 0. The van der Waals surface area contributed by atoms with Gasteiger partial charge in [-0.1, -0.05) is 54.6 Å². The van der Waals surface area contributed by atoms with Crippen LogP contribution in [0.3, 0.4) is 0 Å². The lowest BCUT2D eigenvalue weighted by Gasteiger charge is -2.52. The first-order chi connectivity index (χ1) is 14.5. The lowest BCUT2D eigenvalue weighted by molar-refractivity contribution is -0.898. The Morgan fingerprint density at radius 1 is 0.935 bits per heavy atom. The number of nitrogens with zero attached hydrogens (tertiary/aromatic N) is 3. The van der Waals surface area contributed by atoms with Crippen molar-refractivity contribution in [1.82, 2.24) is 5.01 Å². The van der Waals surface area contributed by atoms with Crippen LogP contribution in [0.5, 0.6) is 5.75 Å². The van der Waals surface area contributed by atoms with Crippen molar-refractivity contribution in [2.45, 2.75) is 31.0 Å². The Morgan fingerprint density at radius 3 is 2.45 bits per heavy atom. The molecule has 4 nitrogen and oxygen atoms in total. The molecule has 0 N–H and O–H groups in total. The highest BCUT2D eigenvalue weighted by atomic mass is 127. The maximum absolute atomic E-state index is 6.73. The van der Waals surface area contributed by atoms with Crippen LogP contribution in [-0.4, -0.2) is 48.1 Å². The third-order valence-corrected chi connectivity index (χ3v) is 7.20. The highest BCUT2D eigenvalue weighted by molar-refractivity contribution is 6.04. The van der Waals surface area contributed by atoms with Gasteiger partial charge in [0.1, 0.15) is 5.75 Å². The number of hydrogen-bond donors (Lipinski definition) is 0. The van der Waals surface area contributed by atoms with Crippen molar-refractivity contribution in [3.63, 3.8) is 0 Å². The van der Waals surface area contributed by atoms with E-state index in [1.54, 1.807) is 0 Å². The molecule has 0 aliphatic carbocycles. The van der Waals surface area contributed by atoms with Crippen molar-refractivity contribution >= 4 is 16.5 Å². The van der Waals surface area contributed by atoms with E-state index in [0.29, 0.717) is 0 Å². The number of ether oxygens (including phenoxy) is 1. The molecule has 1 atom stereocenters. The molecular formula is C26H28IN3O. The van der Waals surface area contributed by atoms with Crippen molar-refractivity contribution in [3.8, 4) is 5.75 Å². The van der Waals surface area contributed by atoms with Crippen molar-refractivity contribution in [1.29, 1.82) is 0 Å². The summed E-state index contributed by atoms with van der Waals surface area (Å²) in [6, 6.07) is 24.1. The van der Waals surface area contributed by atoms with Gasteiger partial charge in [-0.15, -0.1) is 0 Å². The number of hydrogen-bond acceptors (Lipinski definition) is 3. The number of benzene rings is 3. The molecule has 3 heterocycles. The average Bonchev–Trinajstić information content (AvgIpc) is 3.22. The van der Waals surface area contributed by atoms with Crippen LogP contribution < -0.4 is 28.7 Å². The van der Waals surface area contributed by atoms with E-state index in [1.165, 1.54) is 27.6 Å². The highest BCUT2D eigenvalue weighted by Gasteiger charge is 2.53. The van der Waals surface area contributed by atoms with Gasteiger partial charge in [-0.2, -0.15) is 5.10 Å². The Bertz CT molecular complexity index is 1160. The van der Waals surface area contributed by atoms with Crippen LogP contribution >= 0.6 is 0 Å². The Balaban J connectivity index is 0.00000204. The van der Waals surface area contributed by atoms with Crippen molar-refractivity contribution in [3.05, 3.63) is 77.9 Å². The highest BCUT2D eigenvalue weighted by Crippen LogP contribution is 2.50. The monoisotopic (exact) mass is 525 g/mol. The molecule has 0 amide bonds. The SMILES string of the molecule is C[N+]1(C)CCC2(CC1)Oc1ccccc1C1CC(c3ccc4ccccc4c3)=NN12.[I-]. The summed E-state index contributed by atoms with van der Waals surface area (Å²) in [5, 5.41) is 10.1. The van der Waals surface area contributed by atoms with Gasteiger partial charge >= 0.3 is 0 Å². The van der Waals surface area contributed by atoms with E-state index in [-0.39, 0.29) is 35.7 Å². The first-order valence-corrected chi connectivity index (χ1v) is 11.0. The molecule has 3 aliphatic heterocycles. The molecule has 1 saturated heterocycles. The predicted octanol–water partition coefficient (Wildman–Crippen LogP) is 1.95. The maximum atomic E-state index is 6.73. The molecule has 0 saturated carbocycles. The first kappa shape index (κ1) is 20.8. The van der Waals surface area contributed by atoms with Gasteiger partial charge in [0.15, 0.2) is 0 Å². The molecule has 3 aliphatic rings. The maximum Gasteiger partial charge on any atom is 0.208 e. The van der Waals surface area contributed by atoms with E-state index < -0.39 is 0 Å². The zero-order valence-corrected chi connectivity index (χ0v) is 20.2.